The molecule has 1 fully saturated rings. The number of piperazine rings is 1. The first-order chi connectivity index (χ1) is 11.7. The van der Waals surface area contributed by atoms with Crippen LogP contribution in [0.15, 0.2) is 34.3 Å². The van der Waals surface area contributed by atoms with E-state index in [1.54, 1.807) is 23.6 Å². The molecule has 0 spiro atoms. The molecule has 1 aliphatic heterocycles. The molecule has 7 nitrogen and oxygen atoms in total. The second-order valence-corrected chi connectivity index (χ2v) is 6.36. The summed E-state index contributed by atoms with van der Waals surface area (Å²) in [7, 11) is 0. The van der Waals surface area contributed by atoms with E-state index < -0.39 is 0 Å². The summed E-state index contributed by atoms with van der Waals surface area (Å²) >= 11 is 1.31. The van der Waals surface area contributed by atoms with Crippen molar-refractivity contribution in [2.45, 2.75) is 0 Å². The molecule has 25 heavy (non-hydrogen) atoms. The number of rotatable bonds is 6. The summed E-state index contributed by atoms with van der Waals surface area (Å²) in [6.07, 6.45) is 1.44. The lowest BCUT2D eigenvalue weighted by Gasteiger charge is -2.27. The summed E-state index contributed by atoms with van der Waals surface area (Å²) in [5.41, 5.74) is 0.472. The molecule has 9 heteroatoms. The fraction of sp³-hybridized carbons (Fsp3) is 0.375. The summed E-state index contributed by atoms with van der Waals surface area (Å²) in [6.45, 7) is 5.38. The van der Waals surface area contributed by atoms with E-state index in [1.807, 2.05) is 0 Å². The number of amides is 2. The first-order valence-corrected chi connectivity index (χ1v) is 8.75. The second-order valence-electron chi connectivity index (χ2n) is 5.44. The Morgan fingerprint density at radius 3 is 2.76 bits per heavy atom. The monoisotopic (exact) mass is 384 g/mol. The summed E-state index contributed by atoms with van der Waals surface area (Å²) in [4.78, 5) is 26.7. The minimum absolute atomic E-state index is 0. The minimum Gasteiger partial charge on any atom is -0.459 e. The molecule has 0 saturated carbocycles. The quantitative estimate of drug-likeness (QED) is 0.705. The third-order valence-electron chi connectivity index (χ3n) is 3.81. The number of thiophene rings is 1. The van der Waals surface area contributed by atoms with Gasteiger partial charge in [0.25, 0.3) is 11.8 Å². The van der Waals surface area contributed by atoms with E-state index in [0.717, 1.165) is 32.7 Å². The van der Waals surface area contributed by atoms with Gasteiger partial charge in [0.15, 0.2) is 5.76 Å². The predicted molar refractivity (Wildman–Crippen MR) is 99.9 cm³/mol. The molecule has 0 atom stereocenters. The van der Waals surface area contributed by atoms with Crippen LogP contribution in [-0.2, 0) is 0 Å². The highest BCUT2D eigenvalue weighted by Crippen LogP contribution is 2.23. The number of halogens is 1. The number of nitrogens with zero attached hydrogens (tertiary/aromatic N) is 1. The molecule has 0 aliphatic carbocycles. The zero-order valence-electron chi connectivity index (χ0n) is 13.6. The van der Waals surface area contributed by atoms with Crippen molar-refractivity contribution >= 4 is 40.6 Å². The van der Waals surface area contributed by atoms with E-state index in [0.29, 0.717) is 17.1 Å². The molecule has 0 radical (unpaired) electrons. The molecule has 3 heterocycles. The standard InChI is InChI=1S/C16H20N4O3S.ClH/c21-14(18-6-9-20-7-4-17-5-8-20)12-3-11-24-16(12)19-15(22)13-2-1-10-23-13;/h1-3,10-11,17H,4-9H2,(H,18,21)(H,19,22);1H. The van der Waals surface area contributed by atoms with E-state index in [1.165, 1.54) is 17.6 Å². The third kappa shape index (κ3) is 5.30. The zero-order chi connectivity index (χ0) is 16.8. The molecule has 2 amide bonds. The van der Waals surface area contributed by atoms with Crippen molar-refractivity contribution in [2.24, 2.45) is 0 Å². The average Bonchev–Trinajstić information content (AvgIpc) is 3.27. The van der Waals surface area contributed by atoms with E-state index in [9.17, 15) is 9.59 Å². The van der Waals surface area contributed by atoms with Crippen molar-refractivity contribution in [1.82, 2.24) is 15.5 Å². The lowest BCUT2D eigenvalue weighted by atomic mass is 10.3. The van der Waals surface area contributed by atoms with Crippen LogP contribution in [-0.4, -0.2) is 56.0 Å². The third-order valence-corrected chi connectivity index (χ3v) is 4.63. The Hall–Kier alpha value is -1.87. The van der Waals surface area contributed by atoms with Crippen LogP contribution in [0.5, 0.6) is 0 Å². The highest BCUT2D eigenvalue weighted by molar-refractivity contribution is 7.14. The van der Waals surface area contributed by atoms with E-state index in [-0.39, 0.29) is 30.0 Å². The second kappa shape index (κ2) is 9.57. The molecule has 0 unspecified atom stereocenters. The fourth-order valence-electron chi connectivity index (χ4n) is 2.51. The SMILES string of the molecule is Cl.O=C(Nc1sccc1C(=O)NCCN1CCNCC1)c1ccco1. The van der Waals surface area contributed by atoms with Crippen molar-refractivity contribution in [3.8, 4) is 0 Å². The minimum atomic E-state index is -0.364. The maximum atomic E-state index is 12.3. The predicted octanol–water partition coefficient (Wildman–Crippen LogP) is 1.65. The molecule has 2 aromatic heterocycles. The van der Waals surface area contributed by atoms with Gasteiger partial charge in [0.05, 0.1) is 11.8 Å². The van der Waals surface area contributed by atoms with Crippen LogP contribution in [0.1, 0.15) is 20.9 Å². The number of carbonyl (C=O) groups excluding carboxylic acids is 2. The summed E-state index contributed by atoms with van der Waals surface area (Å²) in [5, 5.41) is 11.2. The van der Waals surface area contributed by atoms with Crippen molar-refractivity contribution in [3.63, 3.8) is 0 Å². The van der Waals surface area contributed by atoms with Crippen molar-refractivity contribution in [1.29, 1.82) is 0 Å². The van der Waals surface area contributed by atoms with Crippen LogP contribution < -0.4 is 16.0 Å². The van der Waals surface area contributed by atoms with Crippen LogP contribution in [0.3, 0.4) is 0 Å². The maximum Gasteiger partial charge on any atom is 0.291 e. The molecular weight excluding hydrogens is 364 g/mol. The lowest BCUT2D eigenvalue weighted by Crippen LogP contribution is -2.46. The number of furan rings is 1. The average molecular weight is 385 g/mol. The van der Waals surface area contributed by atoms with Gasteiger partial charge < -0.3 is 20.4 Å². The maximum absolute atomic E-state index is 12.3. The lowest BCUT2D eigenvalue weighted by molar-refractivity contribution is 0.0948. The van der Waals surface area contributed by atoms with Gasteiger partial charge in [0, 0.05) is 39.3 Å². The Balaban J connectivity index is 0.00000225. The van der Waals surface area contributed by atoms with Crippen LogP contribution in [0.2, 0.25) is 0 Å². The van der Waals surface area contributed by atoms with Crippen LogP contribution in [0.25, 0.3) is 0 Å². The molecule has 3 rings (SSSR count). The van der Waals surface area contributed by atoms with Crippen molar-refractivity contribution in [2.75, 3.05) is 44.6 Å². The van der Waals surface area contributed by atoms with Crippen molar-refractivity contribution < 1.29 is 14.0 Å². The van der Waals surface area contributed by atoms with Gasteiger partial charge in [-0.1, -0.05) is 0 Å². The van der Waals surface area contributed by atoms with Crippen LogP contribution in [0, 0.1) is 0 Å². The van der Waals surface area contributed by atoms with Crippen LogP contribution in [0.4, 0.5) is 5.00 Å². The number of hydrogen-bond acceptors (Lipinski definition) is 6. The Bertz CT molecular complexity index is 683. The Morgan fingerprint density at radius 1 is 1.24 bits per heavy atom. The van der Waals surface area contributed by atoms with E-state index in [2.05, 4.69) is 20.9 Å². The van der Waals surface area contributed by atoms with Gasteiger partial charge in [-0.2, -0.15) is 0 Å². The number of nitrogens with one attached hydrogen (secondary N) is 3. The number of hydrogen-bond donors (Lipinski definition) is 3. The topological polar surface area (TPSA) is 86.6 Å². The first-order valence-electron chi connectivity index (χ1n) is 7.87. The molecular formula is C16H21ClN4O3S. The van der Waals surface area contributed by atoms with Gasteiger partial charge >= 0.3 is 0 Å². The number of anilines is 1. The Kier molecular flexibility index (Phi) is 7.45. The Labute approximate surface area is 156 Å². The van der Waals surface area contributed by atoms with E-state index >= 15 is 0 Å². The highest BCUT2D eigenvalue weighted by Gasteiger charge is 2.17. The molecule has 2 aromatic rings. The highest BCUT2D eigenvalue weighted by atomic mass is 35.5. The van der Waals surface area contributed by atoms with Gasteiger partial charge in [-0.15, -0.1) is 23.7 Å². The van der Waals surface area contributed by atoms with Crippen molar-refractivity contribution in [3.05, 3.63) is 41.2 Å². The smallest absolute Gasteiger partial charge is 0.291 e. The molecule has 1 saturated heterocycles. The van der Waals surface area contributed by atoms with Gasteiger partial charge in [0.1, 0.15) is 5.00 Å². The first kappa shape index (κ1) is 19.5. The van der Waals surface area contributed by atoms with Gasteiger partial charge in [0.2, 0.25) is 0 Å². The molecule has 1 aliphatic rings. The summed E-state index contributed by atoms with van der Waals surface area (Å²) < 4.78 is 5.06. The zero-order valence-corrected chi connectivity index (χ0v) is 15.3. The van der Waals surface area contributed by atoms with Crippen LogP contribution >= 0.6 is 23.7 Å². The summed E-state index contributed by atoms with van der Waals surface area (Å²) in [5.74, 6) is -0.327. The fourth-order valence-corrected chi connectivity index (χ4v) is 3.29. The largest absolute Gasteiger partial charge is 0.459 e. The summed E-state index contributed by atoms with van der Waals surface area (Å²) in [6, 6.07) is 4.94. The Morgan fingerprint density at radius 2 is 2.04 bits per heavy atom. The van der Waals surface area contributed by atoms with E-state index in [4.69, 9.17) is 4.42 Å². The molecule has 0 aromatic carbocycles. The molecule has 3 N–H and O–H groups in total. The molecule has 0 bridgehead atoms. The van der Waals surface area contributed by atoms with Gasteiger partial charge in [-0.05, 0) is 23.6 Å². The molecule has 136 valence electrons. The number of carbonyl (C=O) groups is 2. The van der Waals surface area contributed by atoms with Gasteiger partial charge in [-0.25, -0.2) is 0 Å². The normalized spacial score (nSPS) is 14.6. The van der Waals surface area contributed by atoms with Gasteiger partial charge in [-0.3, -0.25) is 14.5 Å².